The molecule has 0 heterocycles. The molecule has 94 heavy (non-hydrogen) atoms. The van der Waals surface area contributed by atoms with Crippen molar-refractivity contribution in [3.8, 4) is 55.6 Å². The summed E-state index contributed by atoms with van der Waals surface area (Å²) >= 11 is 0. The van der Waals surface area contributed by atoms with E-state index < -0.39 is 0 Å². The van der Waals surface area contributed by atoms with E-state index in [-0.39, 0.29) is 5.92 Å². The minimum Gasteiger partial charge on any atom is -0.311 e. The number of rotatable bonds is 18. The van der Waals surface area contributed by atoms with Crippen LogP contribution in [0, 0.1) is 0 Å². The Morgan fingerprint density at radius 2 is 0.372 bits per heavy atom. The molecule has 0 amide bonds. The molecule has 1 aliphatic carbocycles. The Hall–Kier alpha value is -12.2. The highest BCUT2D eigenvalue weighted by atomic mass is 15.2. The van der Waals surface area contributed by atoms with Crippen LogP contribution in [0.15, 0.2) is 400 Å². The van der Waals surface area contributed by atoms with Crippen LogP contribution in [0.1, 0.15) is 17.9 Å². The topological polar surface area (TPSA) is 13.0 Å². The molecule has 4 heteroatoms. The molecule has 0 aliphatic heterocycles. The van der Waals surface area contributed by atoms with Crippen LogP contribution >= 0.6 is 0 Å². The van der Waals surface area contributed by atoms with Gasteiger partial charge >= 0.3 is 0 Å². The van der Waals surface area contributed by atoms with Crippen molar-refractivity contribution in [1.29, 1.82) is 0 Å². The zero-order chi connectivity index (χ0) is 62.8. The van der Waals surface area contributed by atoms with Gasteiger partial charge in [-0.3, -0.25) is 0 Å². The van der Waals surface area contributed by atoms with E-state index in [4.69, 9.17) is 0 Å². The summed E-state index contributed by atoms with van der Waals surface area (Å²) in [5, 5.41) is 0. The summed E-state index contributed by atoms with van der Waals surface area (Å²) in [6.45, 7) is 0. The van der Waals surface area contributed by atoms with Crippen LogP contribution in [0.2, 0.25) is 0 Å². The van der Waals surface area contributed by atoms with Gasteiger partial charge in [-0.25, -0.2) is 0 Å². The predicted molar refractivity (Wildman–Crippen MR) is 397 cm³/mol. The van der Waals surface area contributed by atoms with Crippen LogP contribution in [0.25, 0.3) is 55.6 Å². The molecule has 0 radical (unpaired) electrons. The highest BCUT2D eigenvalue weighted by Crippen LogP contribution is 2.43. The molecule has 1 atom stereocenters. The van der Waals surface area contributed by atoms with Crippen LogP contribution in [-0.4, -0.2) is 0 Å². The maximum Gasteiger partial charge on any atom is 0.0462 e. The van der Waals surface area contributed by atoms with Crippen LogP contribution in [0.4, 0.5) is 62.6 Å². The lowest BCUT2D eigenvalue weighted by molar-refractivity contribution is 0.840. The average Bonchev–Trinajstić information content (AvgIpc) is 0.942. The van der Waals surface area contributed by atoms with Crippen LogP contribution in [0.5, 0.6) is 0 Å². The fourth-order valence-corrected chi connectivity index (χ4v) is 12.9. The lowest BCUT2D eigenvalue weighted by Gasteiger charge is -2.29. The third kappa shape index (κ3) is 12.7. The largest absolute Gasteiger partial charge is 0.311 e. The van der Waals surface area contributed by atoms with Crippen LogP contribution < -0.4 is 19.6 Å². The number of hydrogen-bond donors (Lipinski definition) is 0. The molecule has 0 fully saturated rings. The normalized spacial score (nSPS) is 12.6. The highest BCUT2D eigenvalue weighted by molar-refractivity contribution is 5.84. The molecule has 1 aliphatic rings. The quantitative estimate of drug-likeness (QED) is 0.0849. The maximum absolute atomic E-state index is 2.39. The van der Waals surface area contributed by atoms with Gasteiger partial charge in [-0.1, -0.05) is 255 Å². The van der Waals surface area contributed by atoms with E-state index in [0.29, 0.717) is 0 Å². The van der Waals surface area contributed by atoms with E-state index in [1.54, 1.807) is 0 Å². The minimum absolute atomic E-state index is 0.263. The Labute approximate surface area is 552 Å². The summed E-state index contributed by atoms with van der Waals surface area (Å²) in [5.41, 5.74) is 26.4. The number of allylic oxidation sites excluding steroid dienone is 3. The first-order chi connectivity index (χ1) is 46.6. The SMILES string of the molecule is C1=CC(c2ccc(-c3ccc(N(c4ccccc4)c4ccc(-c5ccc(N(c6ccccc6)c6ccc(-c7ccccc7)cc6)cc5)cc4)cc3)cc2)CC=C1N(c1ccccc1)c1ccc(-c2ccc(N(c3ccccc3)c3ccc(-c4ccccc4)cc3)cc2)cc1. The number of benzene rings is 14. The van der Waals surface area contributed by atoms with Gasteiger partial charge in [0, 0.05) is 74.2 Å². The van der Waals surface area contributed by atoms with Gasteiger partial charge in [0.05, 0.1) is 0 Å². The van der Waals surface area contributed by atoms with E-state index in [1.807, 2.05) is 0 Å². The summed E-state index contributed by atoms with van der Waals surface area (Å²) in [5.74, 6) is 0.263. The van der Waals surface area contributed by atoms with Crippen molar-refractivity contribution in [1.82, 2.24) is 0 Å². The molecule has 0 spiro atoms. The Balaban J connectivity index is 0.615. The average molecular weight is 1210 g/mol. The van der Waals surface area contributed by atoms with E-state index >= 15 is 0 Å². The third-order valence-corrected chi connectivity index (χ3v) is 17.8. The molecule has 0 saturated carbocycles. The fraction of sp³-hybridized carbons (Fsp3) is 0.0222. The molecule has 14 aromatic carbocycles. The summed E-state index contributed by atoms with van der Waals surface area (Å²) < 4.78 is 0. The second-order valence-electron chi connectivity index (χ2n) is 23.7. The molecule has 14 aromatic rings. The van der Waals surface area contributed by atoms with Crippen molar-refractivity contribution in [2.24, 2.45) is 0 Å². The molecule has 4 nitrogen and oxygen atoms in total. The van der Waals surface area contributed by atoms with Crippen molar-refractivity contribution in [2.75, 3.05) is 19.6 Å². The van der Waals surface area contributed by atoms with Crippen LogP contribution in [0.3, 0.4) is 0 Å². The van der Waals surface area contributed by atoms with Gasteiger partial charge in [-0.2, -0.15) is 0 Å². The molecule has 0 bridgehead atoms. The van der Waals surface area contributed by atoms with E-state index in [9.17, 15) is 0 Å². The van der Waals surface area contributed by atoms with E-state index in [0.717, 1.165) is 91.4 Å². The summed E-state index contributed by atoms with van der Waals surface area (Å²) in [4.78, 5) is 9.34. The Bertz CT molecular complexity index is 4810. The summed E-state index contributed by atoms with van der Waals surface area (Å²) in [6.07, 6.45) is 7.95. The van der Waals surface area contributed by atoms with Gasteiger partial charge in [0.2, 0.25) is 0 Å². The van der Waals surface area contributed by atoms with Crippen LogP contribution in [-0.2, 0) is 0 Å². The summed E-state index contributed by atoms with van der Waals surface area (Å²) in [7, 11) is 0. The predicted octanol–water partition coefficient (Wildman–Crippen LogP) is 25.2. The zero-order valence-corrected chi connectivity index (χ0v) is 52.1. The standard InChI is InChI=1S/C90H68N4/c1-7-19-67(20-8-1)71-35-51-83(52-36-71)91(79-23-11-3-12-24-79)87-59-43-75(44-60-87)77-47-63-89(64-48-77)93(81-27-15-5-16-28-81)85-55-39-73(40-56-85)69-31-33-70(34-32-69)74-41-57-86(58-42-74)94(82-29-17-6-18-30-82)90-65-49-78(50-66-90)76-45-61-88(62-46-76)92(80-25-13-4-14-26-80)84-53-37-72(38-54-84)68-21-9-2-10-22-68/h1-41,43-66,74H,42H2. The highest BCUT2D eigenvalue weighted by Gasteiger charge is 2.21. The van der Waals surface area contributed by atoms with Gasteiger partial charge < -0.3 is 19.6 Å². The lowest BCUT2D eigenvalue weighted by Crippen LogP contribution is -2.17. The van der Waals surface area contributed by atoms with Crippen molar-refractivity contribution in [2.45, 2.75) is 12.3 Å². The first-order valence-electron chi connectivity index (χ1n) is 32.3. The third-order valence-electron chi connectivity index (χ3n) is 17.8. The second kappa shape index (κ2) is 27.1. The van der Waals surface area contributed by atoms with Gasteiger partial charge in [0.1, 0.15) is 0 Å². The van der Waals surface area contributed by atoms with Crippen molar-refractivity contribution in [3.63, 3.8) is 0 Å². The number of hydrogen-bond acceptors (Lipinski definition) is 4. The maximum atomic E-state index is 2.39. The molecular weight excluding hydrogens is 1140 g/mol. The summed E-state index contributed by atoms with van der Waals surface area (Å²) in [6, 6.07) is 135. The first-order valence-corrected chi connectivity index (χ1v) is 32.3. The monoisotopic (exact) mass is 1200 g/mol. The van der Waals surface area contributed by atoms with Crippen molar-refractivity contribution >= 4 is 62.6 Å². The van der Waals surface area contributed by atoms with Gasteiger partial charge in [0.25, 0.3) is 0 Å². The number of nitrogens with zero attached hydrogens (tertiary/aromatic N) is 4. The van der Waals surface area contributed by atoms with Gasteiger partial charge in [0.15, 0.2) is 0 Å². The van der Waals surface area contributed by atoms with Gasteiger partial charge in [-0.05, 0) is 207 Å². The minimum atomic E-state index is 0.263. The molecule has 0 aromatic heterocycles. The van der Waals surface area contributed by atoms with E-state index in [2.05, 4.69) is 414 Å². The van der Waals surface area contributed by atoms with Crippen molar-refractivity contribution in [3.05, 3.63) is 406 Å². The number of anilines is 11. The second-order valence-corrected chi connectivity index (χ2v) is 23.7. The molecule has 0 saturated heterocycles. The molecule has 0 N–H and O–H groups in total. The van der Waals surface area contributed by atoms with E-state index in [1.165, 1.54) is 44.5 Å². The molecule has 1 unspecified atom stereocenters. The van der Waals surface area contributed by atoms with Gasteiger partial charge in [-0.15, -0.1) is 0 Å². The molecule has 15 rings (SSSR count). The smallest absolute Gasteiger partial charge is 0.0462 e. The first kappa shape index (κ1) is 58.2. The number of para-hydroxylation sites is 4. The lowest BCUT2D eigenvalue weighted by atomic mass is 9.90. The zero-order valence-electron chi connectivity index (χ0n) is 52.1. The Morgan fingerprint density at radius 1 is 0.181 bits per heavy atom. The Morgan fingerprint density at radius 3 is 0.606 bits per heavy atom. The Kier molecular flexibility index (Phi) is 16.7. The van der Waals surface area contributed by atoms with Crippen molar-refractivity contribution < 1.29 is 0 Å². The molecular formula is C90H68N4. The fourth-order valence-electron chi connectivity index (χ4n) is 12.9. The molecule has 448 valence electrons.